The summed E-state index contributed by atoms with van der Waals surface area (Å²) in [4.78, 5) is 7.13. The Labute approximate surface area is 109 Å². The Kier molecular flexibility index (Phi) is 3.62. The van der Waals surface area contributed by atoms with E-state index in [2.05, 4.69) is 38.7 Å². The number of rotatable bonds is 2. The second kappa shape index (κ2) is 4.85. The molecule has 1 aromatic heterocycles. The van der Waals surface area contributed by atoms with Gasteiger partial charge in [-0.15, -0.1) is 11.6 Å². The molecule has 2 rings (SSSR count). The molecule has 0 aliphatic carbocycles. The zero-order chi connectivity index (χ0) is 12.6. The van der Waals surface area contributed by atoms with Crippen molar-refractivity contribution in [2.24, 2.45) is 5.92 Å². The number of aryl methyl sites for hydroxylation is 2. The lowest BCUT2D eigenvalue weighted by Gasteiger charge is -2.26. The van der Waals surface area contributed by atoms with E-state index >= 15 is 0 Å². The molecular weight excluding hydrogens is 232 g/mol. The number of halogens is 1. The lowest BCUT2D eigenvalue weighted by molar-refractivity contribution is 0.625. The third kappa shape index (κ3) is 2.42. The van der Waals surface area contributed by atoms with Gasteiger partial charge in [0.1, 0.15) is 5.82 Å². The van der Waals surface area contributed by atoms with Crippen LogP contribution in [0.4, 0.5) is 5.82 Å². The molecule has 0 aromatic carbocycles. The first-order valence-electron chi connectivity index (χ1n) is 6.32. The van der Waals surface area contributed by atoms with Gasteiger partial charge >= 0.3 is 0 Å². The van der Waals surface area contributed by atoms with Crippen molar-refractivity contribution >= 4 is 17.4 Å². The van der Waals surface area contributed by atoms with E-state index in [-0.39, 0.29) is 0 Å². The van der Waals surface area contributed by atoms with Gasteiger partial charge in [0.15, 0.2) is 0 Å². The van der Waals surface area contributed by atoms with Crippen molar-refractivity contribution in [3.63, 3.8) is 0 Å². The maximum absolute atomic E-state index is 6.09. The van der Waals surface area contributed by atoms with Gasteiger partial charge in [-0.1, -0.05) is 6.92 Å². The number of anilines is 1. The van der Waals surface area contributed by atoms with Crippen LogP contribution in [-0.4, -0.2) is 17.6 Å². The molecule has 0 amide bonds. The summed E-state index contributed by atoms with van der Waals surface area (Å²) in [6, 6.07) is 2.69. The number of hydrogen-bond donors (Lipinski definition) is 0. The number of alkyl halides is 1. The molecule has 2 atom stereocenters. The van der Waals surface area contributed by atoms with E-state index in [0.29, 0.717) is 11.9 Å². The van der Waals surface area contributed by atoms with Gasteiger partial charge in [0.25, 0.3) is 0 Å². The fraction of sp³-hybridized carbons (Fsp3) is 0.643. The van der Waals surface area contributed by atoms with Crippen molar-refractivity contribution < 1.29 is 0 Å². The Hall–Kier alpha value is -0.760. The highest BCUT2D eigenvalue weighted by Gasteiger charge is 2.29. The van der Waals surface area contributed by atoms with E-state index in [1.807, 2.05) is 0 Å². The molecule has 1 aliphatic heterocycles. The molecule has 2 nitrogen and oxygen atoms in total. The minimum Gasteiger partial charge on any atom is -0.353 e. The molecule has 2 heterocycles. The molecule has 0 N–H and O–H groups in total. The van der Waals surface area contributed by atoms with Crippen LogP contribution in [0.25, 0.3) is 0 Å². The zero-order valence-corrected chi connectivity index (χ0v) is 11.9. The average Bonchev–Trinajstić information content (AvgIpc) is 2.56. The SMILES string of the molecule is Cc1cc(C)c(CCl)c(N2CC(C)CC2C)n1. The predicted molar refractivity (Wildman–Crippen MR) is 73.9 cm³/mol. The van der Waals surface area contributed by atoms with Gasteiger partial charge in [0.05, 0.1) is 5.88 Å². The molecule has 0 radical (unpaired) electrons. The molecule has 0 spiro atoms. The maximum atomic E-state index is 6.09. The molecule has 0 bridgehead atoms. The lowest BCUT2D eigenvalue weighted by atomic mass is 10.1. The molecular formula is C14H21ClN2. The largest absolute Gasteiger partial charge is 0.353 e. The standard InChI is InChI=1S/C14H21ClN2/c1-9-5-12(4)17(8-9)14-13(7-15)10(2)6-11(3)16-14/h6,9,12H,5,7-8H2,1-4H3. The van der Waals surface area contributed by atoms with Crippen LogP contribution in [0.1, 0.15) is 37.1 Å². The van der Waals surface area contributed by atoms with Crippen molar-refractivity contribution in [2.75, 3.05) is 11.4 Å². The quantitative estimate of drug-likeness (QED) is 0.747. The van der Waals surface area contributed by atoms with E-state index in [1.165, 1.54) is 17.5 Å². The van der Waals surface area contributed by atoms with Crippen molar-refractivity contribution in [1.29, 1.82) is 0 Å². The Morgan fingerprint density at radius 3 is 2.65 bits per heavy atom. The van der Waals surface area contributed by atoms with Gasteiger partial charge in [-0.05, 0) is 44.7 Å². The first-order valence-corrected chi connectivity index (χ1v) is 6.86. The minimum absolute atomic E-state index is 0.548. The Morgan fingerprint density at radius 1 is 1.41 bits per heavy atom. The van der Waals surface area contributed by atoms with Crippen molar-refractivity contribution in [2.45, 2.75) is 46.0 Å². The van der Waals surface area contributed by atoms with Crippen LogP contribution >= 0.6 is 11.6 Å². The van der Waals surface area contributed by atoms with Crippen molar-refractivity contribution in [3.05, 3.63) is 22.9 Å². The molecule has 1 aromatic rings. The highest BCUT2D eigenvalue weighted by atomic mass is 35.5. The summed E-state index contributed by atoms with van der Waals surface area (Å²) in [5.74, 6) is 2.40. The molecule has 2 unspecified atom stereocenters. The second-order valence-electron chi connectivity index (χ2n) is 5.36. The van der Waals surface area contributed by atoms with Gasteiger partial charge in [-0.3, -0.25) is 0 Å². The van der Waals surface area contributed by atoms with E-state index < -0.39 is 0 Å². The monoisotopic (exact) mass is 252 g/mol. The molecule has 1 aliphatic rings. The molecule has 3 heteroatoms. The van der Waals surface area contributed by atoms with Crippen LogP contribution in [0.15, 0.2) is 6.07 Å². The number of hydrogen-bond acceptors (Lipinski definition) is 2. The van der Waals surface area contributed by atoms with Gasteiger partial charge in [0.2, 0.25) is 0 Å². The molecule has 1 saturated heterocycles. The fourth-order valence-corrected chi connectivity index (χ4v) is 3.17. The van der Waals surface area contributed by atoms with E-state index in [9.17, 15) is 0 Å². The number of nitrogens with zero attached hydrogens (tertiary/aromatic N) is 2. The van der Waals surface area contributed by atoms with Crippen molar-refractivity contribution in [1.82, 2.24) is 4.98 Å². The predicted octanol–water partition coefficient (Wildman–Crippen LogP) is 3.67. The van der Waals surface area contributed by atoms with Crippen LogP contribution < -0.4 is 4.90 Å². The average molecular weight is 253 g/mol. The fourth-order valence-electron chi connectivity index (χ4n) is 2.84. The number of aromatic nitrogens is 1. The van der Waals surface area contributed by atoms with Crippen LogP contribution in [0.2, 0.25) is 0 Å². The second-order valence-corrected chi connectivity index (χ2v) is 5.63. The van der Waals surface area contributed by atoms with Crippen molar-refractivity contribution in [3.8, 4) is 0 Å². The summed E-state index contributed by atoms with van der Waals surface area (Å²) in [6.45, 7) is 9.86. The summed E-state index contributed by atoms with van der Waals surface area (Å²) >= 11 is 6.09. The van der Waals surface area contributed by atoms with Crippen LogP contribution in [0.5, 0.6) is 0 Å². The highest BCUT2D eigenvalue weighted by molar-refractivity contribution is 6.17. The summed E-state index contributed by atoms with van der Waals surface area (Å²) in [7, 11) is 0. The van der Waals surface area contributed by atoms with Gasteiger partial charge in [-0.25, -0.2) is 4.98 Å². The Bertz CT molecular complexity index is 417. The third-order valence-corrected chi connectivity index (χ3v) is 3.91. The number of pyridine rings is 1. The Morgan fingerprint density at radius 2 is 2.12 bits per heavy atom. The van der Waals surface area contributed by atoms with Gasteiger partial charge in [0, 0.05) is 23.8 Å². The highest BCUT2D eigenvalue weighted by Crippen LogP contribution is 2.32. The van der Waals surface area contributed by atoms with Crippen LogP contribution in [0.3, 0.4) is 0 Å². The first-order chi connectivity index (χ1) is 8.02. The summed E-state index contributed by atoms with van der Waals surface area (Å²) in [5.41, 5.74) is 3.53. The van der Waals surface area contributed by atoms with Gasteiger partial charge < -0.3 is 4.90 Å². The minimum atomic E-state index is 0.548. The van der Waals surface area contributed by atoms with E-state index in [0.717, 1.165) is 24.0 Å². The summed E-state index contributed by atoms with van der Waals surface area (Å²) < 4.78 is 0. The topological polar surface area (TPSA) is 16.1 Å². The first kappa shape index (κ1) is 12.7. The molecule has 1 fully saturated rings. The third-order valence-electron chi connectivity index (χ3n) is 3.64. The molecule has 94 valence electrons. The Balaban J connectivity index is 2.43. The maximum Gasteiger partial charge on any atom is 0.133 e. The summed E-state index contributed by atoms with van der Waals surface area (Å²) in [5, 5.41) is 0. The zero-order valence-electron chi connectivity index (χ0n) is 11.1. The van der Waals surface area contributed by atoms with Crippen LogP contribution in [-0.2, 0) is 5.88 Å². The van der Waals surface area contributed by atoms with E-state index in [1.54, 1.807) is 0 Å². The normalized spacial score (nSPS) is 24.4. The smallest absolute Gasteiger partial charge is 0.133 e. The van der Waals surface area contributed by atoms with Gasteiger partial charge in [-0.2, -0.15) is 0 Å². The lowest BCUT2D eigenvalue weighted by Crippen LogP contribution is -2.29. The van der Waals surface area contributed by atoms with Crippen LogP contribution in [0, 0.1) is 19.8 Å². The van der Waals surface area contributed by atoms with E-state index in [4.69, 9.17) is 16.6 Å². The summed E-state index contributed by atoms with van der Waals surface area (Å²) in [6.07, 6.45) is 1.25. The molecule has 17 heavy (non-hydrogen) atoms. The molecule has 0 saturated carbocycles.